The Labute approximate surface area is 216 Å². The topological polar surface area (TPSA) is 76.6 Å². The summed E-state index contributed by atoms with van der Waals surface area (Å²) in [6, 6.07) is 0.448. The molecule has 1 N–H and O–H groups in total. The lowest BCUT2D eigenvalue weighted by Gasteiger charge is -2.38. The lowest BCUT2D eigenvalue weighted by atomic mass is 9.96. The van der Waals surface area contributed by atoms with E-state index in [0.717, 1.165) is 93.2 Å². The van der Waals surface area contributed by atoms with Crippen LogP contribution in [0, 0.1) is 12.8 Å². The zero-order valence-corrected chi connectivity index (χ0v) is 22.4. The van der Waals surface area contributed by atoms with Crippen LogP contribution in [0.2, 0.25) is 0 Å². The Kier molecular flexibility index (Phi) is 8.29. The maximum absolute atomic E-state index is 4.84. The average Bonchev–Trinajstić information content (AvgIpc) is 2.90. The summed E-state index contributed by atoms with van der Waals surface area (Å²) in [4.78, 5) is 28.6. The van der Waals surface area contributed by atoms with E-state index in [1.807, 2.05) is 18.6 Å². The molecule has 0 amide bonds. The highest BCUT2D eigenvalue weighted by atomic mass is 15.3. The normalized spacial score (nSPS) is 21.7. The van der Waals surface area contributed by atoms with Crippen LogP contribution < -0.4 is 10.2 Å². The largest absolute Gasteiger partial charge is 0.351 e. The van der Waals surface area contributed by atoms with Gasteiger partial charge < -0.3 is 20.0 Å². The number of aromatic nitrogens is 4. The van der Waals surface area contributed by atoms with E-state index in [0.29, 0.717) is 6.04 Å². The molecule has 0 atom stereocenters. The first-order chi connectivity index (χ1) is 17.5. The van der Waals surface area contributed by atoms with Crippen LogP contribution in [0.5, 0.6) is 0 Å². The first kappa shape index (κ1) is 25.3. The van der Waals surface area contributed by atoms with E-state index in [-0.39, 0.29) is 0 Å². The second-order valence-electron chi connectivity index (χ2n) is 11.1. The number of piperazine rings is 1. The molecule has 196 valence electrons. The summed E-state index contributed by atoms with van der Waals surface area (Å²) in [7, 11) is 4.42. The number of nitrogens with one attached hydrogen (secondary N) is 1. The summed E-state index contributed by atoms with van der Waals surface area (Å²) in [5.74, 6) is 2.44. The van der Waals surface area contributed by atoms with Crippen molar-refractivity contribution in [2.24, 2.45) is 5.92 Å². The third kappa shape index (κ3) is 6.69. The Balaban J connectivity index is 1.12. The number of nitrogens with zero attached hydrogens (tertiary/aromatic N) is 8. The van der Waals surface area contributed by atoms with E-state index in [4.69, 9.17) is 15.0 Å². The molecule has 9 heteroatoms. The fourth-order valence-corrected chi connectivity index (χ4v) is 5.60. The fourth-order valence-electron chi connectivity index (χ4n) is 5.60. The predicted molar refractivity (Wildman–Crippen MR) is 145 cm³/mol. The molecule has 5 rings (SSSR count). The zero-order chi connectivity index (χ0) is 24.9. The SMILES string of the molecule is Cc1cnc(NC2CCN(C)CC2)nc1Cc1cnc(N2CCN(CC3CCN(C)CC3)CC2)nc1. The van der Waals surface area contributed by atoms with Crippen LogP contribution in [0.3, 0.4) is 0 Å². The number of piperidine rings is 2. The van der Waals surface area contributed by atoms with Gasteiger partial charge in [-0.05, 0) is 89.9 Å². The second kappa shape index (κ2) is 11.8. The molecule has 3 aliphatic rings. The van der Waals surface area contributed by atoms with Crippen molar-refractivity contribution in [2.75, 3.05) is 83.2 Å². The Bertz CT molecular complexity index is 958. The van der Waals surface area contributed by atoms with Crippen molar-refractivity contribution < 1.29 is 0 Å². The fraction of sp³-hybridized carbons (Fsp3) is 0.704. The van der Waals surface area contributed by atoms with Gasteiger partial charge >= 0.3 is 0 Å². The van der Waals surface area contributed by atoms with Crippen LogP contribution in [0.15, 0.2) is 18.6 Å². The molecule has 0 unspecified atom stereocenters. The molecule has 36 heavy (non-hydrogen) atoms. The molecule has 3 saturated heterocycles. The molecule has 0 radical (unpaired) electrons. The quantitative estimate of drug-likeness (QED) is 0.624. The monoisotopic (exact) mass is 493 g/mol. The van der Waals surface area contributed by atoms with Gasteiger partial charge in [-0.15, -0.1) is 0 Å². The lowest BCUT2D eigenvalue weighted by molar-refractivity contribution is 0.155. The van der Waals surface area contributed by atoms with Crippen molar-refractivity contribution in [3.8, 4) is 0 Å². The van der Waals surface area contributed by atoms with Crippen molar-refractivity contribution in [1.29, 1.82) is 0 Å². The van der Waals surface area contributed by atoms with Gasteiger partial charge in [-0.1, -0.05) is 0 Å². The third-order valence-electron chi connectivity index (χ3n) is 8.20. The van der Waals surface area contributed by atoms with Gasteiger partial charge in [0.15, 0.2) is 0 Å². The summed E-state index contributed by atoms with van der Waals surface area (Å²) in [6.45, 7) is 12.3. The van der Waals surface area contributed by atoms with Crippen molar-refractivity contribution >= 4 is 11.9 Å². The predicted octanol–water partition coefficient (Wildman–Crippen LogP) is 2.14. The third-order valence-corrected chi connectivity index (χ3v) is 8.20. The molecule has 0 aliphatic carbocycles. The van der Waals surface area contributed by atoms with E-state index in [2.05, 4.69) is 50.9 Å². The number of hydrogen-bond donors (Lipinski definition) is 1. The van der Waals surface area contributed by atoms with Crippen molar-refractivity contribution in [3.63, 3.8) is 0 Å². The molecule has 3 aliphatic heterocycles. The van der Waals surface area contributed by atoms with E-state index in [9.17, 15) is 0 Å². The molecule has 5 heterocycles. The summed E-state index contributed by atoms with van der Waals surface area (Å²) in [5.41, 5.74) is 3.24. The van der Waals surface area contributed by atoms with Gasteiger partial charge in [0.1, 0.15) is 0 Å². The van der Waals surface area contributed by atoms with E-state index in [1.54, 1.807) is 0 Å². The van der Waals surface area contributed by atoms with Gasteiger partial charge in [0.2, 0.25) is 11.9 Å². The molecule has 0 bridgehead atoms. The standard InChI is InChI=1S/C27H43N9/c1-21-17-28-26(31-24-6-10-34(3)11-7-24)32-25(21)16-23-18-29-27(30-19-23)36-14-12-35(13-15-36)20-22-4-8-33(2)9-5-22/h17-19,22,24H,4-16,20H2,1-3H3,(H,28,31,32). The number of rotatable bonds is 7. The van der Waals surface area contributed by atoms with Crippen molar-refractivity contribution in [2.45, 2.75) is 45.1 Å². The number of anilines is 2. The first-order valence-electron chi connectivity index (χ1n) is 13.8. The molecule has 2 aromatic rings. The molecule has 2 aromatic heterocycles. The summed E-state index contributed by atoms with van der Waals surface area (Å²) < 4.78 is 0. The van der Waals surface area contributed by atoms with Crippen LogP contribution in [0.4, 0.5) is 11.9 Å². The average molecular weight is 494 g/mol. The minimum atomic E-state index is 0.448. The first-order valence-corrected chi connectivity index (χ1v) is 13.8. The minimum absolute atomic E-state index is 0.448. The maximum Gasteiger partial charge on any atom is 0.225 e. The lowest BCUT2D eigenvalue weighted by Crippen LogP contribution is -2.49. The van der Waals surface area contributed by atoms with E-state index < -0.39 is 0 Å². The Morgan fingerprint density at radius 1 is 0.806 bits per heavy atom. The number of likely N-dealkylation sites (tertiary alicyclic amines) is 2. The van der Waals surface area contributed by atoms with E-state index >= 15 is 0 Å². The molecular weight excluding hydrogens is 450 g/mol. The molecule has 0 aromatic carbocycles. The highest BCUT2D eigenvalue weighted by Crippen LogP contribution is 2.20. The number of hydrogen-bond acceptors (Lipinski definition) is 9. The van der Waals surface area contributed by atoms with Crippen molar-refractivity contribution in [3.05, 3.63) is 35.4 Å². The summed E-state index contributed by atoms with van der Waals surface area (Å²) in [6.07, 6.45) is 11.5. The van der Waals surface area contributed by atoms with Gasteiger partial charge in [-0.2, -0.15) is 0 Å². The van der Waals surface area contributed by atoms with Gasteiger partial charge in [0.05, 0.1) is 5.69 Å². The maximum atomic E-state index is 4.84. The van der Waals surface area contributed by atoms with Gasteiger partial charge in [0, 0.05) is 63.8 Å². The Hall–Kier alpha value is -2.36. The summed E-state index contributed by atoms with van der Waals surface area (Å²) >= 11 is 0. The number of aryl methyl sites for hydroxylation is 1. The van der Waals surface area contributed by atoms with Crippen LogP contribution >= 0.6 is 0 Å². The summed E-state index contributed by atoms with van der Waals surface area (Å²) in [5, 5.41) is 3.55. The molecule has 3 fully saturated rings. The smallest absolute Gasteiger partial charge is 0.225 e. The molecule has 0 spiro atoms. The molecular formula is C27H43N9. The second-order valence-corrected chi connectivity index (χ2v) is 11.1. The van der Waals surface area contributed by atoms with E-state index in [1.165, 1.54) is 32.5 Å². The molecule has 9 nitrogen and oxygen atoms in total. The van der Waals surface area contributed by atoms with Gasteiger partial charge in [0.25, 0.3) is 0 Å². The van der Waals surface area contributed by atoms with Crippen LogP contribution in [-0.4, -0.2) is 114 Å². The highest BCUT2D eigenvalue weighted by Gasteiger charge is 2.24. The van der Waals surface area contributed by atoms with Crippen LogP contribution in [0.25, 0.3) is 0 Å². The van der Waals surface area contributed by atoms with Gasteiger partial charge in [-0.3, -0.25) is 4.90 Å². The van der Waals surface area contributed by atoms with Crippen LogP contribution in [0.1, 0.15) is 42.5 Å². The van der Waals surface area contributed by atoms with Gasteiger partial charge in [-0.25, -0.2) is 19.9 Å². The minimum Gasteiger partial charge on any atom is -0.351 e. The van der Waals surface area contributed by atoms with Crippen LogP contribution in [-0.2, 0) is 6.42 Å². The van der Waals surface area contributed by atoms with Crippen molar-refractivity contribution in [1.82, 2.24) is 34.6 Å². The zero-order valence-electron chi connectivity index (χ0n) is 22.4. The Morgan fingerprint density at radius 2 is 1.44 bits per heavy atom. The highest BCUT2D eigenvalue weighted by molar-refractivity contribution is 5.35. The molecule has 0 saturated carbocycles. The Morgan fingerprint density at radius 3 is 2.11 bits per heavy atom.